The van der Waals surface area contributed by atoms with Gasteiger partial charge in [0.2, 0.25) is 0 Å². The summed E-state index contributed by atoms with van der Waals surface area (Å²) in [6.07, 6.45) is 4.03. The third kappa shape index (κ3) is 3.61. The van der Waals surface area contributed by atoms with Gasteiger partial charge in [0.1, 0.15) is 11.6 Å². The molecule has 0 spiro atoms. The van der Waals surface area contributed by atoms with Gasteiger partial charge in [-0.1, -0.05) is 67.6 Å². The molecule has 0 heterocycles. The molecule has 0 saturated carbocycles. The number of hydrogen-bond acceptors (Lipinski definition) is 1. The maximum Gasteiger partial charge on any atom is 0.127 e. The molecule has 180 valence electrons. The van der Waals surface area contributed by atoms with Gasteiger partial charge in [-0.3, -0.25) is 0 Å². The fourth-order valence-electron chi connectivity index (χ4n) is 6.20. The van der Waals surface area contributed by atoms with Crippen molar-refractivity contribution in [1.82, 2.24) is 0 Å². The maximum absolute atomic E-state index is 15.5. The lowest BCUT2D eigenvalue weighted by Gasteiger charge is -2.29. The number of rotatable bonds is 3. The van der Waals surface area contributed by atoms with Gasteiger partial charge in [-0.05, 0) is 104 Å². The van der Waals surface area contributed by atoms with Crippen molar-refractivity contribution >= 4 is 11.6 Å². The topological polar surface area (TPSA) is 26.0 Å². The normalized spacial score (nSPS) is 18.2. The summed E-state index contributed by atoms with van der Waals surface area (Å²) >= 11 is 0. The van der Waals surface area contributed by atoms with Crippen LogP contribution in [0.4, 0.5) is 8.78 Å². The predicted octanol–water partition coefficient (Wildman–Crippen LogP) is 5.73. The first-order valence-electron chi connectivity index (χ1n) is 12.7. The molecule has 0 aromatic heterocycles. The number of aryl methyl sites for hydroxylation is 1. The minimum absolute atomic E-state index is 0.249. The van der Waals surface area contributed by atoms with E-state index in [0.717, 1.165) is 39.6 Å². The second kappa shape index (κ2) is 8.83. The molecule has 2 atom stereocenters. The SMILES string of the molecule is Cc1ccccc1C1=c2ccc3c(c2CCC1C)C(c1ccc(CN)cc1F)C=c1ccc(F)cc1=3. The van der Waals surface area contributed by atoms with Crippen LogP contribution in [0.2, 0.25) is 0 Å². The Morgan fingerprint density at radius 2 is 1.69 bits per heavy atom. The molecule has 2 unspecified atom stereocenters. The van der Waals surface area contributed by atoms with E-state index in [1.165, 1.54) is 33.5 Å². The fourth-order valence-corrected chi connectivity index (χ4v) is 6.20. The molecule has 4 aromatic carbocycles. The summed E-state index contributed by atoms with van der Waals surface area (Å²) in [5.74, 6) is -0.358. The summed E-state index contributed by atoms with van der Waals surface area (Å²) in [6, 6.07) is 23.1. The van der Waals surface area contributed by atoms with Crippen LogP contribution >= 0.6 is 0 Å². The van der Waals surface area contributed by atoms with E-state index in [2.05, 4.69) is 56.3 Å². The van der Waals surface area contributed by atoms with Gasteiger partial charge in [-0.25, -0.2) is 8.78 Å². The Morgan fingerprint density at radius 1 is 0.889 bits per heavy atom. The van der Waals surface area contributed by atoms with Crippen LogP contribution in [0.15, 0.2) is 72.8 Å². The van der Waals surface area contributed by atoms with Gasteiger partial charge in [0, 0.05) is 12.5 Å². The highest BCUT2D eigenvalue weighted by Crippen LogP contribution is 2.37. The highest BCUT2D eigenvalue weighted by molar-refractivity contribution is 5.72. The Balaban J connectivity index is 1.75. The molecule has 2 aliphatic rings. The van der Waals surface area contributed by atoms with Gasteiger partial charge >= 0.3 is 0 Å². The maximum atomic E-state index is 15.5. The monoisotopic (exact) mass is 477 g/mol. The molecule has 0 saturated heterocycles. The van der Waals surface area contributed by atoms with Crippen LogP contribution in [0.3, 0.4) is 0 Å². The number of benzene rings is 4. The standard InChI is InChI=1S/C33H29F2N/c1-19-5-3-4-6-24(19)32-20(2)7-11-27-26(32)13-14-28-29-17-23(34)10-9-22(29)16-30(33(27)28)25-12-8-21(18-36)15-31(25)35/h3-6,8-10,12-17,20,30H,7,11,18,36H2,1-2H3. The van der Waals surface area contributed by atoms with E-state index in [0.29, 0.717) is 18.0 Å². The number of hydrogen-bond donors (Lipinski definition) is 1. The van der Waals surface area contributed by atoms with Gasteiger partial charge in [0.05, 0.1) is 0 Å². The molecular formula is C33H29F2N. The lowest BCUT2D eigenvalue weighted by molar-refractivity contribution is 0.604. The average molecular weight is 478 g/mol. The van der Waals surface area contributed by atoms with E-state index >= 15 is 4.39 Å². The van der Waals surface area contributed by atoms with Gasteiger partial charge in [0.15, 0.2) is 0 Å². The van der Waals surface area contributed by atoms with Crippen molar-refractivity contribution in [3.63, 3.8) is 0 Å². The van der Waals surface area contributed by atoms with Crippen molar-refractivity contribution in [2.45, 2.75) is 39.2 Å². The Hall–Kier alpha value is -3.56. The first kappa shape index (κ1) is 22.9. The molecule has 0 radical (unpaired) electrons. The molecule has 0 aliphatic heterocycles. The minimum Gasteiger partial charge on any atom is -0.326 e. The van der Waals surface area contributed by atoms with Crippen LogP contribution in [-0.2, 0) is 13.0 Å². The molecule has 0 fully saturated rings. The van der Waals surface area contributed by atoms with Gasteiger partial charge in [0.25, 0.3) is 0 Å². The molecule has 2 aliphatic carbocycles. The highest BCUT2D eigenvalue weighted by atomic mass is 19.1. The molecule has 0 bridgehead atoms. The lowest BCUT2D eigenvalue weighted by atomic mass is 9.75. The smallest absolute Gasteiger partial charge is 0.127 e. The Kier molecular flexibility index (Phi) is 5.61. The number of halogens is 2. The van der Waals surface area contributed by atoms with Gasteiger partial charge < -0.3 is 5.73 Å². The summed E-state index contributed by atoms with van der Waals surface area (Å²) in [7, 11) is 0. The predicted molar refractivity (Wildman–Crippen MR) is 142 cm³/mol. The van der Waals surface area contributed by atoms with Crippen LogP contribution in [0, 0.1) is 34.9 Å². The number of fused-ring (bicyclic) bond motifs is 4. The average Bonchev–Trinajstić information content (AvgIpc) is 2.88. The summed E-state index contributed by atoms with van der Waals surface area (Å²) < 4.78 is 29.9. The summed E-state index contributed by atoms with van der Waals surface area (Å²) in [6.45, 7) is 4.75. The van der Waals surface area contributed by atoms with Crippen molar-refractivity contribution in [3.8, 4) is 0 Å². The third-order valence-electron chi connectivity index (χ3n) is 8.00. The minimum atomic E-state index is -0.261. The van der Waals surface area contributed by atoms with Crippen LogP contribution in [0.25, 0.3) is 11.6 Å². The van der Waals surface area contributed by atoms with Crippen LogP contribution in [0.1, 0.15) is 52.6 Å². The molecule has 0 amide bonds. The van der Waals surface area contributed by atoms with E-state index in [-0.39, 0.29) is 17.6 Å². The van der Waals surface area contributed by atoms with Crippen LogP contribution in [-0.4, -0.2) is 0 Å². The zero-order valence-electron chi connectivity index (χ0n) is 20.6. The van der Waals surface area contributed by atoms with E-state index in [1.54, 1.807) is 18.2 Å². The number of nitrogens with two attached hydrogens (primary N) is 1. The van der Waals surface area contributed by atoms with Gasteiger partial charge in [-0.15, -0.1) is 0 Å². The molecule has 4 aromatic rings. The summed E-state index contributed by atoms with van der Waals surface area (Å²) in [5.41, 5.74) is 13.4. The zero-order valence-corrected chi connectivity index (χ0v) is 20.6. The van der Waals surface area contributed by atoms with Crippen LogP contribution < -0.4 is 16.2 Å². The molecule has 2 N–H and O–H groups in total. The first-order chi connectivity index (χ1) is 17.5. The fraction of sp³-hybridized carbons (Fsp3) is 0.212. The first-order valence-corrected chi connectivity index (χ1v) is 12.7. The second-order valence-corrected chi connectivity index (χ2v) is 10.2. The summed E-state index contributed by atoms with van der Waals surface area (Å²) in [4.78, 5) is 0. The summed E-state index contributed by atoms with van der Waals surface area (Å²) in [5, 5.41) is 4.04. The molecule has 36 heavy (non-hydrogen) atoms. The van der Waals surface area contributed by atoms with Gasteiger partial charge in [-0.2, -0.15) is 0 Å². The van der Waals surface area contributed by atoms with Crippen LogP contribution in [0.5, 0.6) is 0 Å². The molecule has 1 nitrogen and oxygen atoms in total. The Morgan fingerprint density at radius 3 is 2.47 bits per heavy atom. The van der Waals surface area contributed by atoms with Crippen molar-refractivity contribution < 1.29 is 8.78 Å². The third-order valence-corrected chi connectivity index (χ3v) is 8.00. The Labute approximate surface area is 209 Å². The molecule has 6 rings (SSSR count). The van der Waals surface area contributed by atoms with E-state index < -0.39 is 0 Å². The van der Waals surface area contributed by atoms with Crippen molar-refractivity contribution in [3.05, 3.63) is 139 Å². The zero-order chi connectivity index (χ0) is 25.0. The van der Waals surface area contributed by atoms with E-state index in [4.69, 9.17) is 5.73 Å². The Bertz CT molecular complexity index is 1730. The molecular weight excluding hydrogens is 448 g/mol. The largest absolute Gasteiger partial charge is 0.326 e. The molecule has 3 heteroatoms. The lowest BCUT2D eigenvalue weighted by Crippen LogP contribution is -2.28. The van der Waals surface area contributed by atoms with Crippen molar-refractivity contribution in [1.29, 1.82) is 0 Å². The second-order valence-electron chi connectivity index (χ2n) is 10.2. The van der Waals surface area contributed by atoms with Crippen molar-refractivity contribution in [2.24, 2.45) is 11.7 Å². The highest BCUT2D eigenvalue weighted by Gasteiger charge is 2.27. The van der Waals surface area contributed by atoms with E-state index in [9.17, 15) is 4.39 Å². The van der Waals surface area contributed by atoms with Crippen molar-refractivity contribution in [2.75, 3.05) is 0 Å². The quantitative estimate of drug-likeness (QED) is 0.401. The van der Waals surface area contributed by atoms with E-state index in [1.807, 2.05) is 12.1 Å².